The zero-order chi connectivity index (χ0) is 8.43. The van der Waals surface area contributed by atoms with Crippen molar-refractivity contribution < 1.29 is 4.79 Å². The Kier molecular flexibility index (Phi) is 2.48. The van der Waals surface area contributed by atoms with Crippen molar-refractivity contribution in [3.63, 3.8) is 0 Å². The van der Waals surface area contributed by atoms with Crippen molar-refractivity contribution in [2.45, 2.75) is 20.3 Å². The highest BCUT2D eigenvalue weighted by molar-refractivity contribution is 5.56. The summed E-state index contributed by atoms with van der Waals surface area (Å²) in [5, 5.41) is 0. The molecule has 1 fully saturated rings. The molecule has 0 heterocycles. The third-order valence-corrected chi connectivity index (χ3v) is 3.10. The summed E-state index contributed by atoms with van der Waals surface area (Å²) < 4.78 is 0. The average molecular weight is 152 g/mol. The largest absolute Gasteiger partial charge is 0.303 e. The van der Waals surface area contributed by atoms with E-state index < -0.39 is 0 Å². The first-order chi connectivity index (χ1) is 5.20. The van der Waals surface area contributed by atoms with Crippen LogP contribution in [0.5, 0.6) is 0 Å². The van der Waals surface area contributed by atoms with Gasteiger partial charge in [0.1, 0.15) is 6.29 Å². The smallest absolute Gasteiger partial charge is 0.123 e. The van der Waals surface area contributed by atoms with Crippen LogP contribution in [0.4, 0.5) is 0 Å². The Balaban J connectivity index is 2.71. The van der Waals surface area contributed by atoms with Crippen LogP contribution in [-0.4, -0.2) is 6.29 Å². The van der Waals surface area contributed by atoms with Gasteiger partial charge in [-0.15, -0.1) is 6.58 Å². The van der Waals surface area contributed by atoms with Gasteiger partial charge in [0.05, 0.1) is 0 Å². The zero-order valence-electron chi connectivity index (χ0n) is 7.29. The molecule has 0 aromatic carbocycles. The summed E-state index contributed by atoms with van der Waals surface area (Å²) in [6.45, 7) is 8.12. The van der Waals surface area contributed by atoms with Crippen LogP contribution in [0, 0.1) is 23.7 Å². The highest BCUT2D eigenvalue weighted by Gasteiger charge is 2.36. The molecule has 1 saturated carbocycles. The molecule has 62 valence electrons. The van der Waals surface area contributed by atoms with Crippen LogP contribution < -0.4 is 0 Å². The highest BCUT2D eigenvalue weighted by Crippen LogP contribution is 2.40. The maximum Gasteiger partial charge on any atom is 0.123 e. The Hall–Kier alpha value is -0.590. The third kappa shape index (κ3) is 1.37. The fourth-order valence-corrected chi connectivity index (χ4v) is 2.05. The van der Waals surface area contributed by atoms with E-state index in [9.17, 15) is 4.79 Å². The molecule has 1 aliphatic carbocycles. The lowest BCUT2D eigenvalue weighted by atomic mass is 9.90. The second kappa shape index (κ2) is 3.21. The molecule has 0 aromatic rings. The lowest BCUT2D eigenvalue weighted by Crippen LogP contribution is -2.14. The van der Waals surface area contributed by atoms with E-state index in [4.69, 9.17) is 0 Å². The Morgan fingerprint density at radius 1 is 1.45 bits per heavy atom. The summed E-state index contributed by atoms with van der Waals surface area (Å²) >= 11 is 0. The molecule has 0 amide bonds. The molecule has 11 heavy (non-hydrogen) atoms. The zero-order valence-corrected chi connectivity index (χ0v) is 7.29. The SMILES string of the molecule is C=CC1CC(C)C(C)C1C=O. The predicted octanol–water partition coefficient (Wildman–Crippen LogP) is 2.28. The van der Waals surface area contributed by atoms with Crippen molar-refractivity contribution in [2.24, 2.45) is 23.7 Å². The van der Waals surface area contributed by atoms with Crippen molar-refractivity contribution in [1.29, 1.82) is 0 Å². The topological polar surface area (TPSA) is 17.1 Å². The van der Waals surface area contributed by atoms with Gasteiger partial charge in [-0.1, -0.05) is 19.9 Å². The van der Waals surface area contributed by atoms with E-state index in [0.717, 1.165) is 12.7 Å². The molecule has 1 aliphatic rings. The third-order valence-electron chi connectivity index (χ3n) is 3.10. The van der Waals surface area contributed by atoms with E-state index in [2.05, 4.69) is 20.4 Å². The van der Waals surface area contributed by atoms with Gasteiger partial charge in [-0.25, -0.2) is 0 Å². The Morgan fingerprint density at radius 3 is 2.45 bits per heavy atom. The van der Waals surface area contributed by atoms with E-state index in [1.165, 1.54) is 0 Å². The number of aldehydes is 1. The van der Waals surface area contributed by atoms with Crippen LogP contribution in [0.15, 0.2) is 12.7 Å². The molecule has 0 bridgehead atoms. The maximum absolute atomic E-state index is 10.7. The molecular formula is C10H16O. The minimum absolute atomic E-state index is 0.225. The number of hydrogen-bond donors (Lipinski definition) is 0. The van der Waals surface area contributed by atoms with Gasteiger partial charge in [0.25, 0.3) is 0 Å². The van der Waals surface area contributed by atoms with Crippen molar-refractivity contribution in [3.05, 3.63) is 12.7 Å². The van der Waals surface area contributed by atoms with Gasteiger partial charge in [0, 0.05) is 5.92 Å². The molecule has 0 aromatic heterocycles. The van der Waals surface area contributed by atoms with E-state index in [1.54, 1.807) is 0 Å². The quantitative estimate of drug-likeness (QED) is 0.438. The van der Waals surface area contributed by atoms with Gasteiger partial charge < -0.3 is 4.79 Å². The van der Waals surface area contributed by atoms with Crippen molar-refractivity contribution in [1.82, 2.24) is 0 Å². The molecule has 4 atom stereocenters. The summed E-state index contributed by atoms with van der Waals surface area (Å²) in [4.78, 5) is 10.7. The van der Waals surface area contributed by atoms with Crippen LogP contribution >= 0.6 is 0 Å². The van der Waals surface area contributed by atoms with Gasteiger partial charge in [-0.2, -0.15) is 0 Å². The monoisotopic (exact) mass is 152 g/mol. The number of hydrogen-bond acceptors (Lipinski definition) is 1. The van der Waals surface area contributed by atoms with Crippen LogP contribution in [0.3, 0.4) is 0 Å². The van der Waals surface area contributed by atoms with E-state index in [0.29, 0.717) is 17.8 Å². The Labute approximate surface area is 68.5 Å². The highest BCUT2D eigenvalue weighted by atomic mass is 16.1. The van der Waals surface area contributed by atoms with E-state index >= 15 is 0 Å². The first-order valence-corrected chi connectivity index (χ1v) is 4.28. The van der Waals surface area contributed by atoms with Crippen LogP contribution in [-0.2, 0) is 4.79 Å². The summed E-state index contributed by atoms with van der Waals surface area (Å²) in [5.41, 5.74) is 0. The Morgan fingerprint density at radius 2 is 2.09 bits per heavy atom. The molecule has 4 unspecified atom stereocenters. The molecule has 0 saturated heterocycles. The molecule has 0 spiro atoms. The standard InChI is InChI=1S/C10H16O/c1-4-9-5-7(2)8(3)10(9)6-11/h4,6-10H,1,5H2,2-3H3. The van der Waals surface area contributed by atoms with Crippen LogP contribution in [0.1, 0.15) is 20.3 Å². The second-order valence-corrected chi connectivity index (χ2v) is 3.69. The average Bonchev–Trinajstić information content (AvgIpc) is 2.28. The lowest BCUT2D eigenvalue weighted by molar-refractivity contribution is -0.112. The molecule has 1 rings (SSSR count). The second-order valence-electron chi connectivity index (χ2n) is 3.69. The van der Waals surface area contributed by atoms with Crippen molar-refractivity contribution in [3.8, 4) is 0 Å². The Bertz CT molecular complexity index is 162. The summed E-state index contributed by atoms with van der Waals surface area (Å²) in [7, 11) is 0. The molecule has 0 aliphatic heterocycles. The summed E-state index contributed by atoms with van der Waals surface area (Å²) in [6.07, 6.45) is 4.16. The molecule has 1 nitrogen and oxygen atoms in total. The number of carbonyl (C=O) groups excluding carboxylic acids is 1. The molecule has 0 radical (unpaired) electrons. The fraction of sp³-hybridized carbons (Fsp3) is 0.700. The summed E-state index contributed by atoms with van der Waals surface area (Å²) in [5.74, 6) is 1.86. The van der Waals surface area contributed by atoms with Crippen molar-refractivity contribution >= 4 is 6.29 Å². The van der Waals surface area contributed by atoms with E-state index in [-0.39, 0.29) is 5.92 Å². The van der Waals surface area contributed by atoms with E-state index in [1.807, 2.05) is 6.08 Å². The fourth-order valence-electron chi connectivity index (χ4n) is 2.05. The minimum Gasteiger partial charge on any atom is -0.303 e. The normalized spacial score (nSPS) is 43.8. The number of rotatable bonds is 2. The predicted molar refractivity (Wildman–Crippen MR) is 46.2 cm³/mol. The molecule has 0 N–H and O–H groups in total. The van der Waals surface area contributed by atoms with Crippen LogP contribution in [0.2, 0.25) is 0 Å². The number of carbonyl (C=O) groups is 1. The van der Waals surface area contributed by atoms with Gasteiger partial charge in [0.2, 0.25) is 0 Å². The lowest BCUT2D eigenvalue weighted by Gasteiger charge is -2.13. The first-order valence-electron chi connectivity index (χ1n) is 4.28. The van der Waals surface area contributed by atoms with Gasteiger partial charge in [-0.05, 0) is 24.2 Å². The van der Waals surface area contributed by atoms with Gasteiger partial charge in [0.15, 0.2) is 0 Å². The minimum atomic E-state index is 0.225. The molecule has 1 heteroatoms. The molecular weight excluding hydrogens is 136 g/mol. The van der Waals surface area contributed by atoms with Gasteiger partial charge in [-0.3, -0.25) is 0 Å². The summed E-state index contributed by atoms with van der Waals surface area (Å²) in [6, 6.07) is 0. The van der Waals surface area contributed by atoms with Crippen molar-refractivity contribution in [2.75, 3.05) is 0 Å². The first kappa shape index (κ1) is 8.51. The maximum atomic E-state index is 10.7. The van der Waals surface area contributed by atoms with Crippen LogP contribution in [0.25, 0.3) is 0 Å². The van der Waals surface area contributed by atoms with Gasteiger partial charge >= 0.3 is 0 Å². The number of allylic oxidation sites excluding steroid dienone is 1.